The monoisotopic (exact) mass is 262 g/mol. The fraction of sp³-hybridized carbons (Fsp3) is 0.909. The molecular formula is C11H22N2O3S. The molecule has 5 nitrogen and oxygen atoms in total. The van der Waals surface area contributed by atoms with E-state index >= 15 is 0 Å². The zero-order chi connectivity index (χ0) is 12.9. The molecular weight excluding hydrogens is 240 g/mol. The molecule has 1 saturated heterocycles. The first-order valence-electron chi connectivity index (χ1n) is 6.04. The highest BCUT2D eigenvalue weighted by Gasteiger charge is 2.21. The Morgan fingerprint density at radius 1 is 1.35 bits per heavy atom. The summed E-state index contributed by atoms with van der Waals surface area (Å²) in [4.78, 5) is 13.6. The molecule has 1 amide bonds. The van der Waals surface area contributed by atoms with Gasteiger partial charge >= 0.3 is 0 Å². The van der Waals surface area contributed by atoms with E-state index in [1.54, 1.807) is 11.9 Å². The highest BCUT2D eigenvalue weighted by atomic mass is 32.2. The van der Waals surface area contributed by atoms with Gasteiger partial charge in [0.25, 0.3) is 0 Å². The zero-order valence-electron chi connectivity index (χ0n) is 10.6. The molecule has 1 unspecified atom stereocenters. The van der Waals surface area contributed by atoms with Crippen LogP contribution in [0.25, 0.3) is 0 Å². The number of nitrogens with one attached hydrogen (secondary N) is 1. The maximum atomic E-state index is 11.8. The van der Waals surface area contributed by atoms with Crippen LogP contribution < -0.4 is 5.32 Å². The first kappa shape index (κ1) is 14.4. The van der Waals surface area contributed by atoms with Gasteiger partial charge in [0.15, 0.2) is 0 Å². The Kier molecular flexibility index (Phi) is 5.39. The van der Waals surface area contributed by atoms with E-state index in [0.717, 1.165) is 38.6 Å². The Morgan fingerprint density at radius 2 is 2.06 bits per heavy atom. The van der Waals surface area contributed by atoms with Gasteiger partial charge in [-0.2, -0.15) is 0 Å². The van der Waals surface area contributed by atoms with Crippen LogP contribution in [-0.4, -0.2) is 57.4 Å². The molecule has 0 radical (unpaired) electrons. The molecule has 17 heavy (non-hydrogen) atoms. The molecule has 0 spiro atoms. The van der Waals surface area contributed by atoms with Gasteiger partial charge in [0, 0.05) is 25.8 Å². The van der Waals surface area contributed by atoms with Gasteiger partial charge in [-0.05, 0) is 32.4 Å². The number of amides is 1. The van der Waals surface area contributed by atoms with E-state index < -0.39 is 9.84 Å². The van der Waals surface area contributed by atoms with E-state index in [9.17, 15) is 13.2 Å². The summed E-state index contributed by atoms with van der Waals surface area (Å²) >= 11 is 0. The lowest BCUT2D eigenvalue weighted by Crippen LogP contribution is -2.38. The molecule has 6 heteroatoms. The lowest BCUT2D eigenvalue weighted by atomic mass is 10.1. The summed E-state index contributed by atoms with van der Waals surface area (Å²) in [6.45, 7) is 1.93. The average molecular weight is 262 g/mol. The number of rotatable bonds is 4. The molecule has 1 aliphatic rings. The molecule has 0 aromatic rings. The second-order valence-corrected chi connectivity index (χ2v) is 6.98. The molecule has 1 rings (SSSR count). The fourth-order valence-corrected chi connectivity index (χ4v) is 2.59. The largest absolute Gasteiger partial charge is 0.343 e. The van der Waals surface area contributed by atoms with Gasteiger partial charge in [-0.15, -0.1) is 0 Å². The molecule has 1 N–H and O–H groups in total. The summed E-state index contributed by atoms with van der Waals surface area (Å²) < 4.78 is 22.0. The molecule has 0 saturated carbocycles. The number of carbonyl (C=O) groups excluding carboxylic acids is 1. The van der Waals surface area contributed by atoms with E-state index in [0.29, 0.717) is 0 Å². The Bertz CT molecular complexity index is 346. The van der Waals surface area contributed by atoms with E-state index in [4.69, 9.17) is 0 Å². The summed E-state index contributed by atoms with van der Waals surface area (Å²) in [5.74, 6) is -0.122. The van der Waals surface area contributed by atoms with Crippen molar-refractivity contribution in [3.8, 4) is 0 Å². The smallest absolute Gasteiger partial charge is 0.223 e. The van der Waals surface area contributed by atoms with Crippen molar-refractivity contribution < 1.29 is 13.2 Å². The van der Waals surface area contributed by atoms with Gasteiger partial charge in [-0.3, -0.25) is 4.79 Å². The topological polar surface area (TPSA) is 66.5 Å². The molecule has 0 aliphatic carbocycles. The lowest BCUT2D eigenvalue weighted by molar-refractivity contribution is -0.131. The van der Waals surface area contributed by atoms with Crippen molar-refractivity contribution in [1.82, 2.24) is 10.2 Å². The summed E-state index contributed by atoms with van der Waals surface area (Å²) in [7, 11) is -1.27. The minimum Gasteiger partial charge on any atom is -0.343 e. The first-order valence-corrected chi connectivity index (χ1v) is 8.10. The van der Waals surface area contributed by atoms with Crippen molar-refractivity contribution in [1.29, 1.82) is 0 Å². The highest BCUT2D eigenvalue weighted by molar-refractivity contribution is 7.90. The molecule has 1 aliphatic heterocycles. The van der Waals surface area contributed by atoms with Crippen LogP contribution in [0.1, 0.15) is 25.7 Å². The number of hydrogen-bond donors (Lipinski definition) is 1. The quantitative estimate of drug-likeness (QED) is 0.776. The van der Waals surface area contributed by atoms with Crippen LogP contribution in [-0.2, 0) is 14.6 Å². The summed E-state index contributed by atoms with van der Waals surface area (Å²) in [5.41, 5.74) is 0. The number of sulfone groups is 1. The van der Waals surface area contributed by atoms with Crippen LogP contribution >= 0.6 is 0 Å². The van der Waals surface area contributed by atoms with Crippen LogP contribution in [0, 0.1) is 0 Å². The van der Waals surface area contributed by atoms with Crippen LogP contribution in [0.15, 0.2) is 0 Å². The lowest BCUT2D eigenvalue weighted by Gasteiger charge is -2.27. The summed E-state index contributed by atoms with van der Waals surface area (Å²) in [5, 5.41) is 3.29. The van der Waals surface area contributed by atoms with E-state index in [1.807, 2.05) is 0 Å². The van der Waals surface area contributed by atoms with Crippen LogP contribution in [0.4, 0.5) is 0 Å². The van der Waals surface area contributed by atoms with Gasteiger partial charge in [0.2, 0.25) is 5.91 Å². The first-order chi connectivity index (χ1) is 7.90. The Morgan fingerprint density at radius 3 is 2.71 bits per heavy atom. The van der Waals surface area contributed by atoms with E-state index in [2.05, 4.69) is 5.32 Å². The molecule has 0 aromatic heterocycles. The van der Waals surface area contributed by atoms with Crippen LogP contribution in [0.2, 0.25) is 0 Å². The predicted octanol–water partition coefficient (Wildman–Crippen LogP) is 0.0216. The molecule has 0 bridgehead atoms. The number of nitrogens with zero attached hydrogens (tertiary/aromatic N) is 1. The van der Waals surface area contributed by atoms with Gasteiger partial charge < -0.3 is 10.2 Å². The van der Waals surface area contributed by atoms with Crippen molar-refractivity contribution in [2.24, 2.45) is 0 Å². The van der Waals surface area contributed by atoms with Crippen LogP contribution in [0.5, 0.6) is 0 Å². The van der Waals surface area contributed by atoms with E-state index in [-0.39, 0.29) is 24.1 Å². The van der Waals surface area contributed by atoms with Gasteiger partial charge in [0.1, 0.15) is 9.84 Å². The second kappa shape index (κ2) is 6.35. The maximum Gasteiger partial charge on any atom is 0.223 e. The third-order valence-electron chi connectivity index (χ3n) is 3.17. The van der Waals surface area contributed by atoms with Gasteiger partial charge in [-0.1, -0.05) is 0 Å². The summed E-state index contributed by atoms with van der Waals surface area (Å²) in [6, 6.07) is 0.247. The molecule has 1 fully saturated rings. The van der Waals surface area contributed by atoms with Crippen molar-refractivity contribution in [3.63, 3.8) is 0 Å². The SMILES string of the molecule is CN(C(=O)CCS(C)(=O)=O)C1CCCNCC1. The average Bonchev–Trinajstić information content (AvgIpc) is 2.52. The van der Waals surface area contributed by atoms with Crippen molar-refractivity contribution in [3.05, 3.63) is 0 Å². The minimum absolute atomic E-state index is 0.0544. The molecule has 1 heterocycles. The third kappa shape index (κ3) is 5.50. The van der Waals surface area contributed by atoms with Crippen molar-refractivity contribution in [2.45, 2.75) is 31.7 Å². The minimum atomic E-state index is -3.05. The molecule has 100 valence electrons. The molecule has 1 atom stereocenters. The Labute approximate surface area is 103 Å². The van der Waals surface area contributed by atoms with E-state index in [1.165, 1.54) is 0 Å². The highest BCUT2D eigenvalue weighted by Crippen LogP contribution is 2.12. The zero-order valence-corrected chi connectivity index (χ0v) is 11.4. The predicted molar refractivity (Wildman–Crippen MR) is 67.6 cm³/mol. The third-order valence-corrected chi connectivity index (χ3v) is 4.12. The number of hydrogen-bond acceptors (Lipinski definition) is 4. The summed E-state index contributed by atoms with van der Waals surface area (Å²) in [6.07, 6.45) is 4.26. The van der Waals surface area contributed by atoms with Gasteiger partial charge in [0.05, 0.1) is 5.75 Å². The van der Waals surface area contributed by atoms with Gasteiger partial charge in [-0.25, -0.2) is 8.42 Å². The standard InChI is InChI=1S/C11H22N2O3S/c1-13(10-4-3-7-12-8-5-10)11(14)6-9-17(2,15)16/h10,12H,3-9H2,1-2H3. The van der Waals surface area contributed by atoms with Crippen molar-refractivity contribution in [2.75, 3.05) is 32.1 Å². The second-order valence-electron chi connectivity index (χ2n) is 4.72. The molecule has 0 aromatic carbocycles. The Hall–Kier alpha value is -0.620. The number of carbonyl (C=O) groups is 1. The Balaban J connectivity index is 2.44. The van der Waals surface area contributed by atoms with Crippen molar-refractivity contribution >= 4 is 15.7 Å². The normalized spacial score (nSPS) is 21.9. The maximum absolute atomic E-state index is 11.8. The fourth-order valence-electron chi connectivity index (χ4n) is 2.04. The van der Waals surface area contributed by atoms with Crippen LogP contribution in [0.3, 0.4) is 0 Å².